The molecule has 1 atom stereocenters. The Balaban J connectivity index is 0.000000246. The summed E-state index contributed by atoms with van der Waals surface area (Å²) in [6.07, 6.45) is 1.23. The summed E-state index contributed by atoms with van der Waals surface area (Å²) in [7, 11) is 1.89. The maximum Gasteiger partial charge on any atom is 0.490 e. The van der Waals surface area contributed by atoms with E-state index in [-0.39, 0.29) is 0 Å². The number of ether oxygens (including phenoxy) is 1. The van der Waals surface area contributed by atoms with E-state index in [9.17, 15) is 13.2 Å². The van der Waals surface area contributed by atoms with Crippen molar-refractivity contribution in [3.8, 4) is 5.75 Å². The molecule has 1 saturated heterocycles. The topological polar surface area (TPSA) is 76.4 Å². The van der Waals surface area contributed by atoms with Crippen molar-refractivity contribution >= 4 is 5.97 Å². The Morgan fingerprint density at radius 1 is 1.60 bits per heavy atom. The van der Waals surface area contributed by atoms with Crippen LogP contribution in [-0.2, 0) is 11.8 Å². The molecule has 1 fully saturated rings. The lowest BCUT2D eigenvalue weighted by Gasteiger charge is -2.22. The maximum absolute atomic E-state index is 10.6. The Bertz CT molecular complexity index is 428. The van der Waals surface area contributed by atoms with Crippen molar-refractivity contribution in [1.29, 1.82) is 0 Å². The van der Waals surface area contributed by atoms with Gasteiger partial charge in [0.05, 0.1) is 12.4 Å². The van der Waals surface area contributed by atoms with E-state index in [1.165, 1.54) is 6.42 Å². The summed E-state index contributed by atoms with van der Waals surface area (Å²) in [5.41, 5.74) is 0. The monoisotopic (exact) mass is 295 g/mol. The number of hydrogen-bond acceptors (Lipinski definition) is 4. The van der Waals surface area contributed by atoms with Crippen molar-refractivity contribution in [2.75, 3.05) is 13.1 Å². The van der Waals surface area contributed by atoms with E-state index >= 15 is 0 Å². The molecule has 0 aliphatic carbocycles. The van der Waals surface area contributed by atoms with E-state index < -0.39 is 12.1 Å². The van der Waals surface area contributed by atoms with E-state index in [4.69, 9.17) is 14.6 Å². The van der Waals surface area contributed by atoms with Crippen molar-refractivity contribution < 1.29 is 27.8 Å². The number of rotatable bonds is 2. The quantitative estimate of drug-likeness (QED) is 0.857. The Morgan fingerprint density at radius 3 is 2.65 bits per heavy atom. The molecule has 0 aromatic carbocycles. The molecule has 0 radical (unpaired) electrons. The minimum absolute atomic E-state index is 0.318. The van der Waals surface area contributed by atoms with Crippen LogP contribution in [-0.4, -0.2) is 46.2 Å². The molecule has 6 nitrogen and oxygen atoms in total. The minimum atomic E-state index is -5.08. The van der Waals surface area contributed by atoms with E-state index in [0.717, 1.165) is 25.3 Å². The summed E-state index contributed by atoms with van der Waals surface area (Å²) in [4.78, 5) is 8.90. The van der Waals surface area contributed by atoms with Gasteiger partial charge >= 0.3 is 12.1 Å². The molecule has 9 heteroatoms. The van der Waals surface area contributed by atoms with Crippen LogP contribution >= 0.6 is 0 Å². The first-order valence-electron chi connectivity index (χ1n) is 5.95. The van der Waals surface area contributed by atoms with Crippen LogP contribution in [0.15, 0.2) is 12.4 Å². The fourth-order valence-electron chi connectivity index (χ4n) is 1.57. The molecular formula is C11H16F3N3O3. The second-order valence-corrected chi connectivity index (χ2v) is 4.24. The summed E-state index contributed by atoms with van der Waals surface area (Å²) >= 11 is 0. The molecule has 0 saturated carbocycles. The summed E-state index contributed by atoms with van der Waals surface area (Å²) in [5, 5.41) is 14.5. The third-order valence-corrected chi connectivity index (χ3v) is 2.48. The van der Waals surface area contributed by atoms with E-state index in [1.54, 1.807) is 10.9 Å². The first-order chi connectivity index (χ1) is 9.29. The van der Waals surface area contributed by atoms with E-state index in [2.05, 4.69) is 10.4 Å². The summed E-state index contributed by atoms with van der Waals surface area (Å²) in [5.74, 6) is -1.89. The van der Waals surface area contributed by atoms with Crippen LogP contribution in [0.5, 0.6) is 5.75 Å². The SMILES string of the molecule is Cn1cc(OC2CCCNC2)cn1.O=C(O)C(F)(F)F. The van der Waals surface area contributed by atoms with Gasteiger partial charge in [0.25, 0.3) is 0 Å². The van der Waals surface area contributed by atoms with Gasteiger partial charge in [-0.05, 0) is 19.4 Å². The zero-order valence-electron chi connectivity index (χ0n) is 10.9. The van der Waals surface area contributed by atoms with Gasteiger partial charge in [-0.2, -0.15) is 18.3 Å². The van der Waals surface area contributed by atoms with Gasteiger partial charge in [-0.25, -0.2) is 4.79 Å². The highest BCUT2D eigenvalue weighted by Crippen LogP contribution is 2.14. The average molecular weight is 295 g/mol. The van der Waals surface area contributed by atoms with Gasteiger partial charge in [0.1, 0.15) is 6.10 Å². The number of alkyl halides is 3. The molecule has 2 N–H and O–H groups in total. The Labute approximate surface area is 113 Å². The van der Waals surface area contributed by atoms with Gasteiger partial charge in [-0.3, -0.25) is 4.68 Å². The predicted molar refractivity (Wildman–Crippen MR) is 63.4 cm³/mol. The summed E-state index contributed by atoms with van der Waals surface area (Å²) < 4.78 is 39.2. The minimum Gasteiger partial charge on any atom is -0.486 e. The first-order valence-corrected chi connectivity index (χ1v) is 5.95. The van der Waals surface area contributed by atoms with Crippen molar-refractivity contribution in [1.82, 2.24) is 15.1 Å². The zero-order chi connectivity index (χ0) is 15.2. The number of hydrogen-bond donors (Lipinski definition) is 2. The molecule has 1 unspecified atom stereocenters. The Morgan fingerprint density at radius 2 is 2.25 bits per heavy atom. The number of nitrogens with zero attached hydrogens (tertiary/aromatic N) is 2. The summed E-state index contributed by atoms with van der Waals surface area (Å²) in [6, 6.07) is 0. The molecule has 1 aliphatic heterocycles. The van der Waals surface area contributed by atoms with Crippen molar-refractivity contribution in [2.45, 2.75) is 25.1 Å². The van der Waals surface area contributed by atoms with Crippen molar-refractivity contribution in [3.63, 3.8) is 0 Å². The van der Waals surface area contributed by atoms with Crippen LogP contribution in [0.4, 0.5) is 13.2 Å². The highest BCUT2D eigenvalue weighted by Gasteiger charge is 2.38. The maximum atomic E-state index is 10.6. The molecule has 0 bridgehead atoms. The first kappa shape index (κ1) is 16.3. The predicted octanol–water partition coefficient (Wildman–Crippen LogP) is 1.18. The molecule has 1 aromatic heterocycles. The highest BCUT2D eigenvalue weighted by atomic mass is 19.4. The highest BCUT2D eigenvalue weighted by molar-refractivity contribution is 5.73. The fourth-order valence-corrected chi connectivity index (χ4v) is 1.57. The molecule has 2 rings (SSSR count). The molecule has 0 amide bonds. The lowest BCUT2D eigenvalue weighted by atomic mass is 10.1. The van der Waals surface area contributed by atoms with Crippen LogP contribution in [0.25, 0.3) is 0 Å². The molecular weight excluding hydrogens is 279 g/mol. The third-order valence-electron chi connectivity index (χ3n) is 2.48. The number of nitrogens with one attached hydrogen (secondary N) is 1. The Hall–Kier alpha value is -1.77. The number of aliphatic carboxylic acids is 1. The molecule has 114 valence electrons. The molecule has 1 aromatic rings. The van der Waals surface area contributed by atoms with Crippen LogP contribution in [0.2, 0.25) is 0 Å². The number of carbonyl (C=O) groups is 1. The van der Waals surface area contributed by atoms with Gasteiger partial charge in [-0.15, -0.1) is 0 Å². The number of piperidine rings is 1. The molecule has 20 heavy (non-hydrogen) atoms. The van der Waals surface area contributed by atoms with Gasteiger partial charge in [0.2, 0.25) is 0 Å². The lowest BCUT2D eigenvalue weighted by molar-refractivity contribution is -0.192. The third kappa shape index (κ3) is 5.91. The number of halogens is 3. The number of carboxylic acid groups (broad SMARTS) is 1. The van der Waals surface area contributed by atoms with Gasteiger partial charge in [0.15, 0.2) is 5.75 Å². The molecule has 0 spiro atoms. The average Bonchev–Trinajstić information content (AvgIpc) is 2.75. The van der Waals surface area contributed by atoms with Crippen molar-refractivity contribution in [3.05, 3.63) is 12.4 Å². The largest absolute Gasteiger partial charge is 0.490 e. The zero-order valence-corrected chi connectivity index (χ0v) is 10.9. The molecule has 2 heterocycles. The second-order valence-electron chi connectivity index (χ2n) is 4.24. The standard InChI is InChI=1S/C9H15N3O.C2HF3O2/c1-12-7-9(6-11-12)13-8-3-2-4-10-5-8;3-2(4,5)1(6)7/h6-8,10H,2-5H2,1H3;(H,6,7). The van der Waals surface area contributed by atoms with E-state index in [1.807, 2.05) is 13.2 Å². The molecule has 1 aliphatic rings. The van der Waals surface area contributed by atoms with Crippen LogP contribution in [0, 0.1) is 0 Å². The van der Waals surface area contributed by atoms with Crippen LogP contribution < -0.4 is 10.1 Å². The Kier molecular flexibility index (Phi) is 5.81. The normalized spacial score (nSPS) is 18.9. The lowest BCUT2D eigenvalue weighted by Crippen LogP contribution is -2.37. The smallest absolute Gasteiger partial charge is 0.486 e. The van der Waals surface area contributed by atoms with E-state index in [0.29, 0.717) is 6.10 Å². The van der Waals surface area contributed by atoms with Crippen LogP contribution in [0.1, 0.15) is 12.8 Å². The van der Waals surface area contributed by atoms with Crippen molar-refractivity contribution in [2.24, 2.45) is 7.05 Å². The fraction of sp³-hybridized carbons (Fsp3) is 0.636. The number of carboxylic acids is 1. The van der Waals surface area contributed by atoms with Gasteiger partial charge in [0, 0.05) is 13.6 Å². The van der Waals surface area contributed by atoms with Gasteiger partial charge < -0.3 is 15.2 Å². The number of aromatic nitrogens is 2. The second kappa shape index (κ2) is 7.13. The van der Waals surface area contributed by atoms with Gasteiger partial charge in [-0.1, -0.05) is 0 Å². The van der Waals surface area contributed by atoms with Crippen LogP contribution in [0.3, 0.4) is 0 Å². The summed E-state index contributed by atoms with van der Waals surface area (Å²) in [6.45, 7) is 2.07. The number of aryl methyl sites for hydroxylation is 1.